The van der Waals surface area contributed by atoms with Gasteiger partial charge in [-0.1, -0.05) is 12.2 Å². The summed E-state index contributed by atoms with van der Waals surface area (Å²) in [6.07, 6.45) is 5.52. The summed E-state index contributed by atoms with van der Waals surface area (Å²) < 4.78 is 0. The molecule has 0 radical (unpaired) electrons. The highest BCUT2D eigenvalue weighted by Crippen LogP contribution is 2.28. The van der Waals surface area contributed by atoms with Crippen LogP contribution in [-0.2, 0) is 0 Å². The van der Waals surface area contributed by atoms with Crippen LogP contribution in [0.2, 0.25) is 0 Å². The van der Waals surface area contributed by atoms with E-state index in [0.717, 1.165) is 18.6 Å². The largest absolute Gasteiger partial charge is 0.313 e. The molecular formula is C12H22N2. The van der Waals surface area contributed by atoms with Crippen molar-refractivity contribution >= 4 is 0 Å². The molecular weight excluding hydrogens is 172 g/mol. The zero-order valence-electron chi connectivity index (χ0n) is 9.26. The molecule has 14 heavy (non-hydrogen) atoms. The van der Waals surface area contributed by atoms with Crippen molar-refractivity contribution in [2.45, 2.75) is 44.7 Å². The van der Waals surface area contributed by atoms with Crippen LogP contribution in [0.1, 0.15) is 32.6 Å². The molecule has 0 spiro atoms. The quantitative estimate of drug-likeness (QED) is 0.671. The lowest BCUT2D eigenvalue weighted by Crippen LogP contribution is -2.39. The standard InChI is InChI=1S/C12H22N2/c1-10(2)8-14(12-5-6-12)9-11-4-3-7-13-11/h11-13H,1,3-9H2,2H3. The van der Waals surface area contributed by atoms with Crippen LogP contribution in [0.5, 0.6) is 0 Å². The first kappa shape index (κ1) is 10.2. The van der Waals surface area contributed by atoms with E-state index in [1.54, 1.807) is 0 Å². The fourth-order valence-electron chi connectivity index (χ4n) is 2.32. The third kappa shape index (κ3) is 2.82. The van der Waals surface area contributed by atoms with E-state index in [1.807, 2.05) is 0 Å². The second kappa shape index (κ2) is 4.45. The molecule has 1 heterocycles. The monoisotopic (exact) mass is 194 g/mol. The van der Waals surface area contributed by atoms with E-state index in [4.69, 9.17) is 0 Å². The Morgan fingerprint density at radius 3 is 2.71 bits per heavy atom. The average molecular weight is 194 g/mol. The van der Waals surface area contributed by atoms with Gasteiger partial charge in [-0.15, -0.1) is 0 Å². The van der Waals surface area contributed by atoms with Crippen molar-refractivity contribution in [2.24, 2.45) is 0 Å². The minimum absolute atomic E-state index is 0.745. The molecule has 2 aliphatic rings. The number of nitrogens with zero attached hydrogens (tertiary/aromatic N) is 1. The molecule has 0 bridgehead atoms. The van der Waals surface area contributed by atoms with Crippen molar-refractivity contribution in [1.82, 2.24) is 10.2 Å². The predicted molar refractivity (Wildman–Crippen MR) is 60.4 cm³/mol. The second-order valence-electron chi connectivity index (χ2n) is 4.91. The van der Waals surface area contributed by atoms with Gasteiger partial charge in [0.25, 0.3) is 0 Å². The van der Waals surface area contributed by atoms with Gasteiger partial charge in [-0.3, -0.25) is 4.90 Å². The Labute approximate surface area is 87.4 Å². The molecule has 0 amide bonds. The summed E-state index contributed by atoms with van der Waals surface area (Å²) in [5.74, 6) is 0. The van der Waals surface area contributed by atoms with Crippen molar-refractivity contribution in [3.05, 3.63) is 12.2 Å². The van der Waals surface area contributed by atoms with Crippen LogP contribution in [-0.4, -0.2) is 36.6 Å². The summed E-state index contributed by atoms with van der Waals surface area (Å²) in [7, 11) is 0. The van der Waals surface area contributed by atoms with Gasteiger partial charge in [-0.2, -0.15) is 0 Å². The maximum absolute atomic E-state index is 4.02. The number of hydrogen-bond donors (Lipinski definition) is 1. The van der Waals surface area contributed by atoms with Gasteiger partial charge in [0.2, 0.25) is 0 Å². The van der Waals surface area contributed by atoms with Crippen molar-refractivity contribution in [2.75, 3.05) is 19.6 Å². The molecule has 1 aliphatic heterocycles. The zero-order chi connectivity index (χ0) is 9.97. The molecule has 80 valence electrons. The zero-order valence-corrected chi connectivity index (χ0v) is 9.26. The molecule has 1 aliphatic carbocycles. The van der Waals surface area contributed by atoms with Gasteiger partial charge in [-0.25, -0.2) is 0 Å². The normalized spacial score (nSPS) is 27.1. The highest BCUT2D eigenvalue weighted by molar-refractivity contribution is 4.98. The molecule has 1 saturated heterocycles. The van der Waals surface area contributed by atoms with Gasteiger partial charge in [-0.05, 0) is 39.2 Å². The number of rotatable bonds is 5. The Balaban J connectivity index is 1.80. The summed E-state index contributed by atoms with van der Waals surface area (Å²) in [4.78, 5) is 2.62. The van der Waals surface area contributed by atoms with E-state index < -0.39 is 0 Å². The van der Waals surface area contributed by atoms with E-state index >= 15 is 0 Å². The van der Waals surface area contributed by atoms with Gasteiger partial charge in [0.1, 0.15) is 0 Å². The van der Waals surface area contributed by atoms with Crippen molar-refractivity contribution < 1.29 is 0 Å². The Bertz CT molecular complexity index is 202. The van der Waals surface area contributed by atoms with Crippen LogP contribution in [0, 0.1) is 0 Å². The first-order chi connectivity index (χ1) is 6.75. The summed E-state index contributed by atoms with van der Waals surface area (Å²) in [6.45, 7) is 9.71. The molecule has 2 rings (SSSR count). The molecule has 0 aromatic heterocycles. The molecule has 1 saturated carbocycles. The molecule has 1 N–H and O–H groups in total. The van der Waals surface area contributed by atoms with Gasteiger partial charge in [0.05, 0.1) is 0 Å². The van der Waals surface area contributed by atoms with Gasteiger partial charge in [0, 0.05) is 25.2 Å². The first-order valence-electron chi connectivity index (χ1n) is 5.87. The Morgan fingerprint density at radius 1 is 1.43 bits per heavy atom. The first-order valence-corrected chi connectivity index (χ1v) is 5.87. The predicted octanol–water partition coefficient (Wildman–Crippen LogP) is 1.78. The van der Waals surface area contributed by atoms with Crippen LogP contribution < -0.4 is 5.32 Å². The lowest BCUT2D eigenvalue weighted by Gasteiger charge is -2.25. The number of nitrogens with one attached hydrogen (secondary N) is 1. The fraction of sp³-hybridized carbons (Fsp3) is 0.833. The van der Waals surface area contributed by atoms with Crippen molar-refractivity contribution in [1.29, 1.82) is 0 Å². The van der Waals surface area contributed by atoms with E-state index in [9.17, 15) is 0 Å². The van der Waals surface area contributed by atoms with Crippen LogP contribution >= 0.6 is 0 Å². The number of hydrogen-bond acceptors (Lipinski definition) is 2. The molecule has 1 unspecified atom stereocenters. The lowest BCUT2D eigenvalue weighted by atomic mass is 10.2. The maximum Gasteiger partial charge on any atom is 0.0195 e. The second-order valence-corrected chi connectivity index (χ2v) is 4.91. The molecule has 2 fully saturated rings. The summed E-state index contributed by atoms with van der Waals surface area (Å²) >= 11 is 0. The SMILES string of the molecule is C=C(C)CN(CC1CCCN1)C1CC1. The molecule has 0 aromatic carbocycles. The smallest absolute Gasteiger partial charge is 0.0195 e. The van der Waals surface area contributed by atoms with Crippen LogP contribution in [0.4, 0.5) is 0 Å². The van der Waals surface area contributed by atoms with Crippen molar-refractivity contribution in [3.63, 3.8) is 0 Å². The third-order valence-corrected chi connectivity index (χ3v) is 3.15. The van der Waals surface area contributed by atoms with Crippen molar-refractivity contribution in [3.8, 4) is 0 Å². The topological polar surface area (TPSA) is 15.3 Å². The highest BCUT2D eigenvalue weighted by Gasteiger charge is 2.30. The summed E-state index contributed by atoms with van der Waals surface area (Å²) in [5, 5.41) is 3.57. The van der Waals surface area contributed by atoms with E-state index in [-0.39, 0.29) is 0 Å². The molecule has 2 heteroatoms. The highest BCUT2D eigenvalue weighted by atomic mass is 15.2. The molecule has 1 atom stereocenters. The average Bonchev–Trinajstić information content (AvgIpc) is 2.85. The Hall–Kier alpha value is -0.340. The Morgan fingerprint density at radius 2 is 2.21 bits per heavy atom. The van der Waals surface area contributed by atoms with E-state index in [2.05, 4.69) is 23.7 Å². The van der Waals surface area contributed by atoms with Gasteiger partial charge < -0.3 is 5.32 Å². The minimum Gasteiger partial charge on any atom is -0.313 e. The summed E-state index contributed by atoms with van der Waals surface area (Å²) in [5.41, 5.74) is 1.30. The summed E-state index contributed by atoms with van der Waals surface area (Å²) in [6, 6.07) is 1.61. The minimum atomic E-state index is 0.745. The van der Waals surface area contributed by atoms with E-state index in [1.165, 1.54) is 44.3 Å². The molecule has 2 nitrogen and oxygen atoms in total. The fourth-order valence-corrected chi connectivity index (χ4v) is 2.32. The Kier molecular flexibility index (Phi) is 3.24. The van der Waals surface area contributed by atoms with Gasteiger partial charge in [0.15, 0.2) is 0 Å². The van der Waals surface area contributed by atoms with E-state index in [0.29, 0.717) is 0 Å². The lowest BCUT2D eigenvalue weighted by molar-refractivity contribution is 0.259. The van der Waals surface area contributed by atoms with Gasteiger partial charge >= 0.3 is 0 Å². The van der Waals surface area contributed by atoms with Crippen LogP contribution in [0.25, 0.3) is 0 Å². The maximum atomic E-state index is 4.02. The third-order valence-electron chi connectivity index (χ3n) is 3.15. The van der Waals surface area contributed by atoms with Crippen LogP contribution in [0.15, 0.2) is 12.2 Å². The molecule has 0 aromatic rings. The van der Waals surface area contributed by atoms with Crippen LogP contribution in [0.3, 0.4) is 0 Å².